The van der Waals surface area contributed by atoms with E-state index in [0.717, 1.165) is 36.9 Å². The highest BCUT2D eigenvalue weighted by molar-refractivity contribution is 5.33. The van der Waals surface area contributed by atoms with Gasteiger partial charge in [0, 0.05) is 12.0 Å². The summed E-state index contributed by atoms with van der Waals surface area (Å²) in [6, 6.07) is 10.3. The van der Waals surface area contributed by atoms with Gasteiger partial charge in [0.05, 0.1) is 5.69 Å². The Bertz CT molecular complexity index is 602. The number of hydrogen-bond donors (Lipinski definition) is 1. The molecule has 1 aromatic heterocycles. The van der Waals surface area contributed by atoms with Gasteiger partial charge in [-0.2, -0.15) is 5.10 Å². The molecule has 1 N–H and O–H groups in total. The first-order chi connectivity index (χ1) is 8.84. The summed E-state index contributed by atoms with van der Waals surface area (Å²) in [7, 11) is 0. The van der Waals surface area contributed by atoms with E-state index in [1.165, 1.54) is 17.5 Å². The maximum Gasteiger partial charge on any atom is 0.267 e. The van der Waals surface area contributed by atoms with Gasteiger partial charge in [0.25, 0.3) is 5.56 Å². The number of hydrogen-bond acceptors (Lipinski definition) is 2. The third-order valence-electron chi connectivity index (χ3n) is 3.60. The number of nitrogens with one attached hydrogen (secondary N) is 1. The third-order valence-corrected chi connectivity index (χ3v) is 3.60. The van der Waals surface area contributed by atoms with Crippen molar-refractivity contribution in [1.82, 2.24) is 10.2 Å². The van der Waals surface area contributed by atoms with Crippen LogP contribution in [0.25, 0.3) is 0 Å². The number of nitrogens with zero attached hydrogens (tertiary/aromatic N) is 1. The largest absolute Gasteiger partial charge is 0.268 e. The molecule has 1 aromatic carbocycles. The number of benzene rings is 1. The van der Waals surface area contributed by atoms with E-state index >= 15 is 0 Å². The molecule has 0 aliphatic heterocycles. The van der Waals surface area contributed by atoms with Crippen LogP contribution >= 0.6 is 0 Å². The number of aromatic nitrogens is 2. The minimum absolute atomic E-state index is 0.00140. The summed E-state index contributed by atoms with van der Waals surface area (Å²) in [6.45, 7) is 0. The smallest absolute Gasteiger partial charge is 0.267 e. The topological polar surface area (TPSA) is 45.8 Å². The van der Waals surface area contributed by atoms with Gasteiger partial charge < -0.3 is 0 Å². The lowest BCUT2D eigenvalue weighted by atomic mass is 9.90. The normalized spacial score (nSPS) is 14.2. The Labute approximate surface area is 106 Å². The van der Waals surface area contributed by atoms with Crippen molar-refractivity contribution < 1.29 is 0 Å². The number of fused-ring (bicyclic) bond motifs is 1. The van der Waals surface area contributed by atoms with E-state index in [-0.39, 0.29) is 5.56 Å². The Morgan fingerprint density at radius 1 is 1.06 bits per heavy atom. The van der Waals surface area contributed by atoms with Gasteiger partial charge in [-0.1, -0.05) is 30.3 Å². The van der Waals surface area contributed by atoms with Crippen LogP contribution in [-0.4, -0.2) is 10.2 Å². The van der Waals surface area contributed by atoms with Crippen molar-refractivity contribution in [3.05, 3.63) is 63.1 Å². The summed E-state index contributed by atoms with van der Waals surface area (Å²) in [5.41, 5.74) is 4.43. The first kappa shape index (κ1) is 11.2. The molecule has 0 bridgehead atoms. The molecule has 0 fully saturated rings. The van der Waals surface area contributed by atoms with Crippen LogP contribution in [0.5, 0.6) is 0 Å². The molecule has 3 nitrogen and oxygen atoms in total. The molecule has 0 amide bonds. The second-order valence-electron chi connectivity index (χ2n) is 4.83. The van der Waals surface area contributed by atoms with Crippen molar-refractivity contribution in [3.63, 3.8) is 0 Å². The minimum Gasteiger partial charge on any atom is -0.268 e. The molecule has 0 saturated heterocycles. The van der Waals surface area contributed by atoms with Crippen molar-refractivity contribution in [2.45, 2.75) is 32.1 Å². The van der Waals surface area contributed by atoms with Crippen LogP contribution in [0.15, 0.2) is 35.1 Å². The molecule has 0 spiro atoms. The number of aromatic amines is 1. The summed E-state index contributed by atoms with van der Waals surface area (Å²) in [4.78, 5) is 11.8. The SMILES string of the molecule is O=c1[nH]nc(Cc2ccccc2)c2c1CCCC2. The number of H-pyrrole nitrogens is 1. The molecular weight excluding hydrogens is 224 g/mol. The first-order valence-electron chi connectivity index (χ1n) is 6.48. The predicted octanol–water partition coefficient (Wildman–Crippen LogP) is 2.24. The monoisotopic (exact) mass is 240 g/mol. The molecule has 0 radical (unpaired) electrons. The molecule has 0 atom stereocenters. The van der Waals surface area contributed by atoms with Gasteiger partial charge in [-0.25, -0.2) is 5.10 Å². The molecule has 1 heterocycles. The van der Waals surface area contributed by atoms with Gasteiger partial charge in [0.1, 0.15) is 0 Å². The molecule has 1 aliphatic carbocycles. The minimum atomic E-state index is 0.00140. The molecule has 0 unspecified atom stereocenters. The van der Waals surface area contributed by atoms with Crippen molar-refractivity contribution in [3.8, 4) is 0 Å². The molecule has 0 saturated carbocycles. The Morgan fingerprint density at radius 2 is 1.78 bits per heavy atom. The summed E-state index contributed by atoms with van der Waals surface area (Å²) >= 11 is 0. The van der Waals surface area contributed by atoms with E-state index in [2.05, 4.69) is 22.3 Å². The van der Waals surface area contributed by atoms with Crippen molar-refractivity contribution in [2.24, 2.45) is 0 Å². The fourth-order valence-electron chi connectivity index (χ4n) is 2.66. The maximum absolute atomic E-state index is 11.8. The van der Waals surface area contributed by atoms with Gasteiger partial charge in [-0.15, -0.1) is 0 Å². The second-order valence-corrected chi connectivity index (χ2v) is 4.83. The van der Waals surface area contributed by atoms with E-state index in [4.69, 9.17) is 0 Å². The molecular formula is C15H16N2O. The van der Waals surface area contributed by atoms with Gasteiger partial charge in [-0.3, -0.25) is 4.79 Å². The predicted molar refractivity (Wildman–Crippen MR) is 70.7 cm³/mol. The maximum atomic E-state index is 11.8. The van der Waals surface area contributed by atoms with Crippen LogP contribution < -0.4 is 5.56 Å². The molecule has 18 heavy (non-hydrogen) atoms. The van der Waals surface area contributed by atoms with Crippen molar-refractivity contribution in [1.29, 1.82) is 0 Å². The highest BCUT2D eigenvalue weighted by atomic mass is 16.1. The van der Waals surface area contributed by atoms with Crippen molar-refractivity contribution >= 4 is 0 Å². The average molecular weight is 240 g/mol. The van der Waals surface area contributed by atoms with Crippen LogP contribution in [0.2, 0.25) is 0 Å². The fraction of sp³-hybridized carbons (Fsp3) is 0.333. The lowest BCUT2D eigenvalue weighted by molar-refractivity contribution is 0.655. The van der Waals surface area contributed by atoms with Gasteiger partial charge in [0.2, 0.25) is 0 Å². The quantitative estimate of drug-likeness (QED) is 0.875. The second kappa shape index (κ2) is 4.77. The molecule has 1 aliphatic rings. The van der Waals surface area contributed by atoms with Gasteiger partial charge >= 0.3 is 0 Å². The van der Waals surface area contributed by atoms with E-state index in [1.54, 1.807) is 0 Å². The van der Waals surface area contributed by atoms with E-state index in [0.29, 0.717) is 0 Å². The average Bonchev–Trinajstić information content (AvgIpc) is 2.44. The lowest BCUT2D eigenvalue weighted by Gasteiger charge is -2.17. The lowest BCUT2D eigenvalue weighted by Crippen LogP contribution is -2.23. The van der Waals surface area contributed by atoms with Crippen LogP contribution in [0.4, 0.5) is 0 Å². The summed E-state index contributed by atoms with van der Waals surface area (Å²) < 4.78 is 0. The summed E-state index contributed by atoms with van der Waals surface area (Å²) in [5, 5.41) is 6.89. The summed E-state index contributed by atoms with van der Waals surface area (Å²) in [6.07, 6.45) is 4.98. The molecule has 2 aromatic rings. The van der Waals surface area contributed by atoms with Gasteiger partial charge in [-0.05, 0) is 36.8 Å². The van der Waals surface area contributed by atoms with Gasteiger partial charge in [0.15, 0.2) is 0 Å². The molecule has 92 valence electrons. The summed E-state index contributed by atoms with van der Waals surface area (Å²) in [5.74, 6) is 0. The number of rotatable bonds is 2. The fourth-order valence-corrected chi connectivity index (χ4v) is 2.66. The zero-order valence-corrected chi connectivity index (χ0v) is 10.3. The van der Waals surface area contributed by atoms with E-state index in [9.17, 15) is 4.79 Å². The van der Waals surface area contributed by atoms with Crippen LogP contribution in [-0.2, 0) is 19.3 Å². The van der Waals surface area contributed by atoms with Crippen LogP contribution in [0, 0.1) is 0 Å². The Kier molecular flexibility index (Phi) is 2.97. The van der Waals surface area contributed by atoms with Crippen LogP contribution in [0.3, 0.4) is 0 Å². The van der Waals surface area contributed by atoms with E-state index < -0.39 is 0 Å². The highest BCUT2D eigenvalue weighted by Gasteiger charge is 2.17. The third kappa shape index (κ3) is 2.08. The Morgan fingerprint density at radius 3 is 2.56 bits per heavy atom. The molecule has 3 rings (SSSR count). The van der Waals surface area contributed by atoms with E-state index in [1.807, 2.05) is 18.2 Å². The van der Waals surface area contributed by atoms with Crippen LogP contribution in [0.1, 0.15) is 35.2 Å². The standard InChI is InChI=1S/C15H16N2O/c18-15-13-9-5-4-8-12(13)14(16-17-15)10-11-6-2-1-3-7-11/h1-3,6-7H,4-5,8-10H2,(H,17,18). The highest BCUT2D eigenvalue weighted by Crippen LogP contribution is 2.21. The first-order valence-corrected chi connectivity index (χ1v) is 6.48. The Balaban J connectivity index is 2.00. The zero-order chi connectivity index (χ0) is 12.4. The Hall–Kier alpha value is -1.90. The van der Waals surface area contributed by atoms with Crippen molar-refractivity contribution in [2.75, 3.05) is 0 Å². The molecule has 3 heteroatoms. The zero-order valence-electron chi connectivity index (χ0n) is 10.3.